The lowest BCUT2D eigenvalue weighted by Gasteiger charge is -2.19. The van der Waals surface area contributed by atoms with Gasteiger partial charge in [0.05, 0.1) is 19.1 Å². The Hall–Kier alpha value is -3.35. The number of amides is 1. The van der Waals surface area contributed by atoms with Crippen LogP contribution in [0.5, 0.6) is 0 Å². The zero-order chi connectivity index (χ0) is 21.7. The lowest BCUT2D eigenvalue weighted by atomic mass is 9.99. The first-order chi connectivity index (χ1) is 14.3. The van der Waals surface area contributed by atoms with E-state index in [4.69, 9.17) is 0 Å². The maximum absolute atomic E-state index is 13.3. The van der Waals surface area contributed by atoms with E-state index >= 15 is 0 Å². The lowest BCUT2D eigenvalue weighted by molar-refractivity contribution is -0.145. The molecule has 0 heterocycles. The molecular weight excluding hydrogens is 395 g/mol. The summed E-state index contributed by atoms with van der Waals surface area (Å²) in [4.78, 5) is 24.6. The fourth-order valence-electron chi connectivity index (χ4n) is 3.31. The van der Waals surface area contributed by atoms with Crippen molar-refractivity contribution in [2.24, 2.45) is 0 Å². The van der Waals surface area contributed by atoms with Crippen LogP contribution in [-0.2, 0) is 33.3 Å². The number of fused-ring (bicyclic) bond motifs is 1. The number of benzene rings is 3. The Kier molecular flexibility index (Phi) is 6.40. The van der Waals surface area contributed by atoms with E-state index in [-0.39, 0.29) is 18.4 Å². The number of halogens is 3. The lowest BCUT2D eigenvalue weighted by Crippen LogP contribution is -2.44. The molecule has 1 atom stereocenters. The van der Waals surface area contributed by atoms with E-state index in [2.05, 4.69) is 10.1 Å². The van der Waals surface area contributed by atoms with Crippen LogP contribution in [0.3, 0.4) is 0 Å². The summed E-state index contributed by atoms with van der Waals surface area (Å²) in [6, 6.07) is 16.9. The van der Waals surface area contributed by atoms with Crippen LogP contribution in [0, 0.1) is 0 Å². The van der Waals surface area contributed by atoms with Crippen molar-refractivity contribution >= 4 is 22.6 Å². The van der Waals surface area contributed by atoms with Crippen molar-refractivity contribution in [3.63, 3.8) is 0 Å². The second-order valence-electron chi connectivity index (χ2n) is 6.86. The van der Waals surface area contributed by atoms with Gasteiger partial charge in [0.25, 0.3) is 0 Å². The minimum atomic E-state index is -4.56. The third-order valence-corrected chi connectivity index (χ3v) is 4.75. The largest absolute Gasteiger partial charge is 0.467 e. The summed E-state index contributed by atoms with van der Waals surface area (Å²) in [5.41, 5.74) is -0.209. The van der Waals surface area contributed by atoms with E-state index in [1.54, 1.807) is 6.07 Å². The van der Waals surface area contributed by atoms with Gasteiger partial charge in [0.1, 0.15) is 6.04 Å². The van der Waals surface area contributed by atoms with Crippen molar-refractivity contribution in [1.29, 1.82) is 0 Å². The number of nitrogens with one attached hydrogen (secondary N) is 1. The van der Waals surface area contributed by atoms with Gasteiger partial charge in [-0.3, -0.25) is 4.79 Å². The molecule has 30 heavy (non-hydrogen) atoms. The minimum Gasteiger partial charge on any atom is -0.467 e. The van der Waals surface area contributed by atoms with Gasteiger partial charge in [0, 0.05) is 6.42 Å². The molecule has 3 aromatic carbocycles. The Morgan fingerprint density at radius 3 is 2.33 bits per heavy atom. The molecule has 0 aromatic heterocycles. The SMILES string of the molecule is COC(=O)[C@H](Cc1ccccc1C(F)(F)F)NC(=O)Cc1ccc2ccccc2c1. The van der Waals surface area contributed by atoms with Gasteiger partial charge < -0.3 is 10.1 Å². The van der Waals surface area contributed by atoms with Gasteiger partial charge in [-0.05, 0) is 28.0 Å². The van der Waals surface area contributed by atoms with Gasteiger partial charge in [-0.25, -0.2) is 4.79 Å². The van der Waals surface area contributed by atoms with Crippen molar-refractivity contribution in [1.82, 2.24) is 5.32 Å². The number of carbonyl (C=O) groups is 2. The third-order valence-electron chi connectivity index (χ3n) is 4.75. The fourth-order valence-corrected chi connectivity index (χ4v) is 3.31. The predicted molar refractivity (Wildman–Crippen MR) is 107 cm³/mol. The number of alkyl halides is 3. The number of esters is 1. The normalized spacial score (nSPS) is 12.4. The molecule has 1 amide bonds. The molecule has 3 aromatic rings. The zero-order valence-corrected chi connectivity index (χ0v) is 16.2. The first-order valence-electron chi connectivity index (χ1n) is 9.28. The smallest absolute Gasteiger partial charge is 0.416 e. The molecule has 0 aliphatic carbocycles. The van der Waals surface area contributed by atoms with E-state index in [1.807, 2.05) is 36.4 Å². The number of carbonyl (C=O) groups excluding carboxylic acids is 2. The number of rotatable bonds is 6. The van der Waals surface area contributed by atoms with Gasteiger partial charge in [0.2, 0.25) is 5.91 Å². The van der Waals surface area contributed by atoms with Crippen LogP contribution in [0.25, 0.3) is 10.8 Å². The second kappa shape index (κ2) is 8.98. The molecule has 1 N–H and O–H groups in total. The Bertz CT molecular complexity index is 1060. The van der Waals surface area contributed by atoms with Crippen LogP contribution < -0.4 is 5.32 Å². The van der Waals surface area contributed by atoms with Crippen LogP contribution in [0.2, 0.25) is 0 Å². The molecule has 0 spiro atoms. The number of hydrogen-bond acceptors (Lipinski definition) is 3. The van der Waals surface area contributed by atoms with Gasteiger partial charge in [-0.15, -0.1) is 0 Å². The first-order valence-corrected chi connectivity index (χ1v) is 9.28. The van der Waals surface area contributed by atoms with Gasteiger partial charge in [0.15, 0.2) is 0 Å². The van der Waals surface area contributed by atoms with E-state index in [0.29, 0.717) is 0 Å². The summed E-state index contributed by atoms with van der Waals surface area (Å²) in [6.45, 7) is 0. The monoisotopic (exact) mass is 415 g/mol. The summed E-state index contributed by atoms with van der Waals surface area (Å²) >= 11 is 0. The zero-order valence-electron chi connectivity index (χ0n) is 16.2. The van der Waals surface area contributed by atoms with Crippen LogP contribution in [-0.4, -0.2) is 25.0 Å². The van der Waals surface area contributed by atoms with E-state index in [9.17, 15) is 22.8 Å². The Morgan fingerprint density at radius 1 is 0.967 bits per heavy atom. The second-order valence-corrected chi connectivity index (χ2v) is 6.86. The molecule has 0 saturated heterocycles. The molecule has 0 aliphatic rings. The average Bonchev–Trinajstić information content (AvgIpc) is 2.72. The van der Waals surface area contributed by atoms with Crippen molar-refractivity contribution < 1.29 is 27.5 Å². The summed E-state index contributed by atoms with van der Waals surface area (Å²) in [5, 5.41) is 4.50. The highest BCUT2D eigenvalue weighted by Crippen LogP contribution is 2.32. The van der Waals surface area contributed by atoms with E-state index in [0.717, 1.165) is 29.5 Å². The fraction of sp³-hybridized carbons (Fsp3) is 0.217. The van der Waals surface area contributed by atoms with Gasteiger partial charge in [-0.1, -0.05) is 60.7 Å². The molecule has 4 nitrogen and oxygen atoms in total. The molecule has 0 unspecified atom stereocenters. The van der Waals surface area contributed by atoms with Gasteiger partial charge >= 0.3 is 12.1 Å². The van der Waals surface area contributed by atoms with Crippen LogP contribution in [0.15, 0.2) is 66.7 Å². The molecule has 0 radical (unpaired) electrons. The Balaban J connectivity index is 1.76. The van der Waals surface area contributed by atoms with E-state index in [1.165, 1.54) is 18.2 Å². The number of methoxy groups -OCH3 is 1. The third kappa shape index (κ3) is 5.17. The van der Waals surface area contributed by atoms with Crippen molar-refractivity contribution in [3.8, 4) is 0 Å². The molecule has 3 rings (SSSR count). The highest BCUT2D eigenvalue weighted by atomic mass is 19.4. The predicted octanol–water partition coefficient (Wildman–Crippen LogP) is 4.30. The first kappa shape index (κ1) is 21.4. The standard InChI is InChI=1S/C23H20F3NO3/c1-30-22(29)20(14-18-8-4-5-9-19(18)23(24,25)26)27-21(28)13-15-10-11-16-6-2-3-7-17(16)12-15/h2-12,20H,13-14H2,1H3,(H,27,28)/t20-/m0/s1. The molecule has 0 aliphatic heterocycles. The van der Waals surface area contributed by atoms with Crippen molar-refractivity contribution in [2.45, 2.75) is 25.1 Å². The summed E-state index contributed by atoms with van der Waals surface area (Å²) < 4.78 is 44.5. The van der Waals surface area contributed by atoms with Crippen molar-refractivity contribution in [2.75, 3.05) is 7.11 Å². The van der Waals surface area contributed by atoms with Crippen LogP contribution >= 0.6 is 0 Å². The van der Waals surface area contributed by atoms with Crippen LogP contribution in [0.1, 0.15) is 16.7 Å². The van der Waals surface area contributed by atoms with E-state index < -0.39 is 29.7 Å². The molecular formula is C23H20F3NO3. The minimum absolute atomic E-state index is 0.0146. The maximum atomic E-state index is 13.3. The molecule has 0 saturated carbocycles. The molecule has 0 bridgehead atoms. The van der Waals surface area contributed by atoms with Crippen LogP contribution in [0.4, 0.5) is 13.2 Å². The summed E-state index contributed by atoms with van der Waals surface area (Å²) in [6.07, 6.45) is -4.91. The quantitative estimate of drug-likeness (QED) is 0.611. The molecule has 156 valence electrons. The summed E-state index contributed by atoms with van der Waals surface area (Å²) in [7, 11) is 1.13. The molecule has 7 heteroatoms. The highest BCUT2D eigenvalue weighted by Gasteiger charge is 2.34. The van der Waals surface area contributed by atoms with Crippen molar-refractivity contribution in [3.05, 3.63) is 83.4 Å². The topological polar surface area (TPSA) is 55.4 Å². The maximum Gasteiger partial charge on any atom is 0.416 e. The number of hydrogen-bond donors (Lipinski definition) is 1. The Labute approximate surface area is 171 Å². The summed E-state index contributed by atoms with van der Waals surface area (Å²) in [5.74, 6) is -1.29. The van der Waals surface area contributed by atoms with Gasteiger partial charge in [-0.2, -0.15) is 13.2 Å². The number of ether oxygens (including phenoxy) is 1. The molecule has 0 fully saturated rings. The average molecular weight is 415 g/mol. The Morgan fingerprint density at radius 2 is 1.63 bits per heavy atom. The highest BCUT2D eigenvalue weighted by molar-refractivity contribution is 5.88.